The fourth-order valence-electron chi connectivity index (χ4n) is 2.18. The molecule has 0 saturated heterocycles. The summed E-state index contributed by atoms with van der Waals surface area (Å²) >= 11 is 0. The average molecular weight is 235 g/mol. The van der Waals surface area contributed by atoms with E-state index < -0.39 is 6.10 Å². The maximum atomic E-state index is 10.3. The molecule has 3 N–H and O–H groups in total. The van der Waals surface area contributed by atoms with Gasteiger partial charge in [0.2, 0.25) is 0 Å². The first-order valence-electron chi connectivity index (χ1n) is 6.55. The Morgan fingerprint density at radius 1 is 1.18 bits per heavy atom. The maximum absolute atomic E-state index is 10.3. The van der Waals surface area contributed by atoms with Crippen LogP contribution in [0.25, 0.3) is 0 Å². The van der Waals surface area contributed by atoms with Crippen LogP contribution in [0.4, 0.5) is 0 Å². The molecule has 0 bridgehead atoms. The minimum atomic E-state index is -0.437. The van der Waals surface area contributed by atoms with Gasteiger partial charge in [0.15, 0.2) is 0 Å². The summed E-state index contributed by atoms with van der Waals surface area (Å²) in [6, 6.07) is 8.21. The van der Waals surface area contributed by atoms with E-state index in [0.717, 1.165) is 18.4 Å². The topological polar surface area (TPSA) is 46.2 Å². The van der Waals surface area contributed by atoms with Gasteiger partial charge in [-0.15, -0.1) is 0 Å². The standard InChI is InChI=1S/C15H25NO/c1-4-12-5-7-13(8-6-12)15(17)14(10-16)9-11(2)3/h5-8,11,14-15,17H,4,9-10,16H2,1-3H3. The summed E-state index contributed by atoms with van der Waals surface area (Å²) in [7, 11) is 0. The highest BCUT2D eigenvalue weighted by molar-refractivity contribution is 5.24. The molecule has 0 heterocycles. The van der Waals surface area contributed by atoms with Crippen molar-refractivity contribution in [1.82, 2.24) is 0 Å². The van der Waals surface area contributed by atoms with E-state index in [-0.39, 0.29) is 5.92 Å². The predicted octanol–water partition coefficient (Wildman–Crippen LogP) is 2.90. The summed E-state index contributed by atoms with van der Waals surface area (Å²) in [5.41, 5.74) is 8.04. The van der Waals surface area contributed by atoms with Gasteiger partial charge in [0.05, 0.1) is 6.10 Å². The van der Waals surface area contributed by atoms with Crippen molar-refractivity contribution in [2.24, 2.45) is 17.6 Å². The van der Waals surface area contributed by atoms with E-state index in [1.165, 1.54) is 5.56 Å². The molecule has 0 aromatic heterocycles. The molecule has 2 heteroatoms. The molecule has 96 valence electrons. The molecule has 0 spiro atoms. The maximum Gasteiger partial charge on any atom is 0.0830 e. The molecule has 0 radical (unpaired) electrons. The zero-order valence-corrected chi connectivity index (χ0v) is 11.2. The SMILES string of the molecule is CCc1ccc(C(O)C(CN)CC(C)C)cc1. The van der Waals surface area contributed by atoms with Gasteiger partial charge in [-0.1, -0.05) is 45.0 Å². The van der Waals surface area contributed by atoms with Gasteiger partial charge in [0.25, 0.3) is 0 Å². The minimum absolute atomic E-state index is 0.155. The first-order valence-corrected chi connectivity index (χ1v) is 6.55. The molecule has 0 aliphatic carbocycles. The van der Waals surface area contributed by atoms with Crippen LogP contribution in [0.1, 0.15) is 44.4 Å². The second kappa shape index (κ2) is 6.77. The molecule has 1 aromatic carbocycles. The van der Waals surface area contributed by atoms with Gasteiger partial charge < -0.3 is 10.8 Å². The summed E-state index contributed by atoms with van der Waals surface area (Å²) < 4.78 is 0. The second-order valence-corrected chi connectivity index (χ2v) is 5.17. The van der Waals surface area contributed by atoms with Gasteiger partial charge in [0.1, 0.15) is 0 Å². The molecule has 0 aliphatic heterocycles. The van der Waals surface area contributed by atoms with E-state index in [2.05, 4.69) is 32.9 Å². The van der Waals surface area contributed by atoms with E-state index in [9.17, 15) is 5.11 Å². The fraction of sp³-hybridized carbons (Fsp3) is 0.600. The normalized spacial score (nSPS) is 14.9. The fourth-order valence-corrected chi connectivity index (χ4v) is 2.18. The van der Waals surface area contributed by atoms with Crippen LogP contribution in [0, 0.1) is 11.8 Å². The van der Waals surface area contributed by atoms with E-state index in [0.29, 0.717) is 12.5 Å². The number of benzene rings is 1. The Hall–Kier alpha value is -0.860. The molecule has 0 fully saturated rings. The quantitative estimate of drug-likeness (QED) is 0.796. The summed E-state index contributed by atoms with van der Waals surface area (Å²) in [5.74, 6) is 0.718. The molecule has 0 amide bonds. The lowest BCUT2D eigenvalue weighted by Crippen LogP contribution is -2.23. The number of aliphatic hydroxyl groups excluding tert-OH is 1. The predicted molar refractivity (Wildman–Crippen MR) is 72.8 cm³/mol. The third kappa shape index (κ3) is 4.14. The third-order valence-electron chi connectivity index (χ3n) is 3.25. The Labute approximate surface area is 105 Å². The highest BCUT2D eigenvalue weighted by Gasteiger charge is 2.20. The van der Waals surface area contributed by atoms with E-state index >= 15 is 0 Å². The monoisotopic (exact) mass is 235 g/mol. The van der Waals surface area contributed by atoms with E-state index in [1.807, 2.05) is 12.1 Å². The van der Waals surface area contributed by atoms with Crippen LogP contribution in [0.2, 0.25) is 0 Å². The molecule has 17 heavy (non-hydrogen) atoms. The Morgan fingerprint density at radius 3 is 2.18 bits per heavy atom. The highest BCUT2D eigenvalue weighted by atomic mass is 16.3. The smallest absolute Gasteiger partial charge is 0.0830 e. The van der Waals surface area contributed by atoms with Gasteiger partial charge in [-0.25, -0.2) is 0 Å². The zero-order valence-electron chi connectivity index (χ0n) is 11.2. The molecule has 2 atom stereocenters. The van der Waals surface area contributed by atoms with Crippen molar-refractivity contribution in [3.8, 4) is 0 Å². The largest absolute Gasteiger partial charge is 0.388 e. The average Bonchev–Trinajstić information content (AvgIpc) is 2.35. The van der Waals surface area contributed by atoms with Crippen LogP contribution in [0.3, 0.4) is 0 Å². The number of nitrogens with two attached hydrogens (primary N) is 1. The number of aryl methyl sites for hydroxylation is 1. The third-order valence-corrected chi connectivity index (χ3v) is 3.25. The molecule has 0 aliphatic rings. The molecule has 2 unspecified atom stereocenters. The Kier molecular flexibility index (Phi) is 5.66. The van der Waals surface area contributed by atoms with Crippen molar-refractivity contribution in [1.29, 1.82) is 0 Å². The number of aliphatic hydroxyl groups is 1. The zero-order chi connectivity index (χ0) is 12.8. The van der Waals surface area contributed by atoms with Gasteiger partial charge in [-0.2, -0.15) is 0 Å². The number of rotatable bonds is 6. The van der Waals surface area contributed by atoms with Crippen molar-refractivity contribution in [2.45, 2.75) is 39.7 Å². The number of hydrogen-bond acceptors (Lipinski definition) is 2. The van der Waals surface area contributed by atoms with Gasteiger partial charge in [-0.3, -0.25) is 0 Å². The molecule has 2 nitrogen and oxygen atoms in total. The number of hydrogen-bond donors (Lipinski definition) is 2. The van der Waals surface area contributed by atoms with Crippen LogP contribution < -0.4 is 5.73 Å². The first kappa shape index (κ1) is 14.2. The lowest BCUT2D eigenvalue weighted by Gasteiger charge is -2.23. The lowest BCUT2D eigenvalue weighted by molar-refractivity contribution is 0.0995. The Morgan fingerprint density at radius 2 is 1.76 bits per heavy atom. The van der Waals surface area contributed by atoms with Crippen molar-refractivity contribution >= 4 is 0 Å². The van der Waals surface area contributed by atoms with Gasteiger partial charge in [-0.05, 0) is 36.4 Å². The van der Waals surface area contributed by atoms with Crippen molar-refractivity contribution in [2.75, 3.05) is 6.54 Å². The van der Waals surface area contributed by atoms with Gasteiger partial charge >= 0.3 is 0 Å². The van der Waals surface area contributed by atoms with Crippen molar-refractivity contribution in [3.05, 3.63) is 35.4 Å². The van der Waals surface area contributed by atoms with Crippen LogP contribution in [-0.2, 0) is 6.42 Å². The Balaban J connectivity index is 2.74. The summed E-state index contributed by atoms with van der Waals surface area (Å²) in [6.45, 7) is 6.99. The van der Waals surface area contributed by atoms with Crippen LogP contribution in [-0.4, -0.2) is 11.7 Å². The van der Waals surface area contributed by atoms with Crippen LogP contribution in [0.5, 0.6) is 0 Å². The molecular formula is C15H25NO. The van der Waals surface area contributed by atoms with Crippen molar-refractivity contribution < 1.29 is 5.11 Å². The Bertz CT molecular complexity index is 318. The second-order valence-electron chi connectivity index (χ2n) is 5.17. The summed E-state index contributed by atoms with van der Waals surface area (Å²) in [5, 5.41) is 10.3. The lowest BCUT2D eigenvalue weighted by atomic mass is 9.88. The van der Waals surface area contributed by atoms with Crippen molar-refractivity contribution in [3.63, 3.8) is 0 Å². The van der Waals surface area contributed by atoms with Crippen LogP contribution in [0.15, 0.2) is 24.3 Å². The summed E-state index contributed by atoms with van der Waals surface area (Å²) in [6.07, 6.45) is 1.56. The molecule has 0 saturated carbocycles. The highest BCUT2D eigenvalue weighted by Crippen LogP contribution is 2.26. The van der Waals surface area contributed by atoms with Crippen LogP contribution >= 0.6 is 0 Å². The molecule has 1 rings (SSSR count). The van der Waals surface area contributed by atoms with E-state index in [1.54, 1.807) is 0 Å². The minimum Gasteiger partial charge on any atom is -0.388 e. The summed E-state index contributed by atoms with van der Waals surface area (Å²) in [4.78, 5) is 0. The van der Waals surface area contributed by atoms with E-state index in [4.69, 9.17) is 5.73 Å². The molecule has 1 aromatic rings. The first-order chi connectivity index (χ1) is 8.08. The van der Waals surface area contributed by atoms with Gasteiger partial charge in [0, 0.05) is 5.92 Å². The molecular weight excluding hydrogens is 210 g/mol.